The Morgan fingerprint density at radius 1 is 1.38 bits per heavy atom. The molecule has 0 N–H and O–H groups in total. The van der Waals surface area contributed by atoms with Crippen molar-refractivity contribution in [2.75, 3.05) is 38.2 Å². The van der Waals surface area contributed by atoms with E-state index >= 15 is 0 Å². The van der Waals surface area contributed by atoms with Crippen molar-refractivity contribution >= 4 is 44.7 Å². The van der Waals surface area contributed by atoms with Crippen molar-refractivity contribution in [2.24, 2.45) is 0 Å². The second-order valence-electron chi connectivity index (χ2n) is 5.78. The monoisotopic (exact) mass is 440 g/mol. The predicted molar refractivity (Wildman–Crippen MR) is 102 cm³/mol. The number of aromatic nitrogens is 1. The quantitative estimate of drug-likeness (QED) is 0.401. The molecule has 3 rings (SSSR count). The van der Waals surface area contributed by atoms with Crippen molar-refractivity contribution in [3.63, 3.8) is 0 Å². The summed E-state index contributed by atoms with van der Waals surface area (Å²) in [7, 11) is 1.23. The zero-order valence-corrected chi connectivity index (χ0v) is 16.5. The van der Waals surface area contributed by atoms with Crippen LogP contribution in [0.1, 0.15) is 15.2 Å². The number of carbonyl (C=O) groups is 1. The molecule has 0 radical (unpaired) electrons. The van der Waals surface area contributed by atoms with Gasteiger partial charge in [-0.25, -0.2) is 9.78 Å². The van der Waals surface area contributed by atoms with Gasteiger partial charge in [0.25, 0.3) is 0 Å². The minimum atomic E-state index is -0.640. The van der Waals surface area contributed by atoms with E-state index < -0.39 is 10.9 Å². The van der Waals surface area contributed by atoms with E-state index in [0.717, 1.165) is 23.4 Å². The topological polar surface area (TPSA) is 88.8 Å². The average molecular weight is 441 g/mol. The number of hydrogen-bond donors (Lipinski definition) is 0. The lowest BCUT2D eigenvalue weighted by Crippen LogP contribution is -2.46. The number of pyridine rings is 1. The molecule has 0 atom stereocenters. The molecule has 0 aliphatic carbocycles. The highest BCUT2D eigenvalue weighted by molar-refractivity contribution is 9.11. The van der Waals surface area contributed by atoms with Crippen molar-refractivity contribution in [1.82, 2.24) is 9.88 Å². The largest absolute Gasteiger partial charge is 0.465 e. The molecule has 26 heavy (non-hydrogen) atoms. The first-order valence-electron chi connectivity index (χ1n) is 7.92. The third kappa shape index (κ3) is 4.19. The van der Waals surface area contributed by atoms with Gasteiger partial charge in [-0.3, -0.25) is 15.0 Å². The maximum absolute atomic E-state index is 11.6. The predicted octanol–water partition coefficient (Wildman–Crippen LogP) is 2.92. The molecule has 8 nitrogen and oxygen atoms in total. The molecule has 0 saturated carbocycles. The van der Waals surface area contributed by atoms with Gasteiger partial charge in [0.05, 0.1) is 21.4 Å². The molecule has 2 aromatic heterocycles. The van der Waals surface area contributed by atoms with E-state index in [1.165, 1.54) is 24.3 Å². The molecule has 1 fully saturated rings. The van der Waals surface area contributed by atoms with Crippen molar-refractivity contribution in [2.45, 2.75) is 6.54 Å². The highest BCUT2D eigenvalue weighted by Gasteiger charge is 2.27. The van der Waals surface area contributed by atoms with E-state index in [0.29, 0.717) is 18.9 Å². The molecule has 0 bridgehead atoms. The van der Waals surface area contributed by atoms with E-state index in [1.54, 1.807) is 11.3 Å². The number of carbonyl (C=O) groups excluding carboxylic acids is 1. The third-order valence-corrected chi connectivity index (χ3v) is 5.75. The lowest BCUT2D eigenvalue weighted by atomic mass is 10.2. The normalized spacial score (nSPS) is 15.1. The molecule has 0 spiro atoms. The van der Waals surface area contributed by atoms with Crippen LogP contribution in [0.25, 0.3) is 0 Å². The summed E-state index contributed by atoms with van der Waals surface area (Å²) in [4.78, 5) is 32.1. The summed E-state index contributed by atoms with van der Waals surface area (Å²) in [6, 6.07) is 5.36. The highest BCUT2D eigenvalue weighted by atomic mass is 79.9. The number of ether oxygens (including phenoxy) is 1. The minimum absolute atomic E-state index is 0.0739. The van der Waals surface area contributed by atoms with Crippen LogP contribution in [0.3, 0.4) is 0 Å². The number of nitrogens with zero attached hydrogens (tertiary/aromatic N) is 4. The van der Waals surface area contributed by atoms with Gasteiger partial charge in [-0.15, -0.1) is 11.3 Å². The molecule has 3 heterocycles. The molecule has 10 heteroatoms. The molecular formula is C16H17BrN4O4S. The first kappa shape index (κ1) is 18.7. The van der Waals surface area contributed by atoms with Gasteiger partial charge in [0.1, 0.15) is 0 Å². The summed E-state index contributed by atoms with van der Waals surface area (Å²) < 4.78 is 5.71. The number of piperazine rings is 1. The van der Waals surface area contributed by atoms with Crippen LogP contribution < -0.4 is 4.90 Å². The first-order chi connectivity index (χ1) is 12.5. The van der Waals surface area contributed by atoms with Gasteiger partial charge in [-0.2, -0.15) is 0 Å². The summed E-state index contributed by atoms with van der Waals surface area (Å²) in [5.41, 5.74) is -0.103. The lowest BCUT2D eigenvalue weighted by Gasteiger charge is -2.34. The van der Waals surface area contributed by atoms with Gasteiger partial charge < -0.3 is 9.64 Å². The molecule has 0 amide bonds. The van der Waals surface area contributed by atoms with Gasteiger partial charge in [-0.1, -0.05) is 0 Å². The van der Waals surface area contributed by atoms with Crippen LogP contribution in [-0.4, -0.2) is 54.1 Å². The average Bonchev–Trinajstić information content (AvgIpc) is 3.06. The molecule has 0 unspecified atom stereocenters. The Hall–Kier alpha value is -2.04. The van der Waals surface area contributed by atoms with Crippen LogP contribution in [-0.2, 0) is 11.3 Å². The van der Waals surface area contributed by atoms with Crippen molar-refractivity contribution in [3.8, 4) is 0 Å². The molecule has 1 aliphatic rings. The second kappa shape index (κ2) is 8.11. The van der Waals surface area contributed by atoms with Crippen LogP contribution in [0.15, 0.2) is 28.2 Å². The van der Waals surface area contributed by atoms with Gasteiger partial charge in [0, 0.05) is 49.9 Å². The lowest BCUT2D eigenvalue weighted by molar-refractivity contribution is -0.384. The van der Waals surface area contributed by atoms with E-state index in [1.807, 2.05) is 11.0 Å². The first-order valence-corrected chi connectivity index (χ1v) is 9.53. The molecule has 1 saturated heterocycles. The SMILES string of the molecule is COC(=O)c1cnc(N2CCN(Cc3ccc(Br)s3)CC2)c([N+](=O)[O-])c1. The van der Waals surface area contributed by atoms with Crippen LogP contribution in [0.5, 0.6) is 0 Å². The minimum Gasteiger partial charge on any atom is -0.465 e. The fourth-order valence-electron chi connectivity index (χ4n) is 2.83. The fraction of sp³-hybridized carbons (Fsp3) is 0.375. The third-order valence-electron chi connectivity index (χ3n) is 4.15. The second-order valence-corrected chi connectivity index (χ2v) is 8.33. The van der Waals surface area contributed by atoms with E-state index in [9.17, 15) is 14.9 Å². The zero-order valence-electron chi connectivity index (χ0n) is 14.1. The Kier molecular flexibility index (Phi) is 5.84. The molecule has 1 aliphatic heterocycles. The number of methoxy groups -OCH3 is 1. The van der Waals surface area contributed by atoms with Gasteiger partial charge in [-0.05, 0) is 28.1 Å². The van der Waals surface area contributed by atoms with Crippen molar-refractivity contribution in [3.05, 3.63) is 48.7 Å². The van der Waals surface area contributed by atoms with Crippen LogP contribution in [0.4, 0.5) is 11.5 Å². The van der Waals surface area contributed by atoms with Crippen LogP contribution >= 0.6 is 27.3 Å². The van der Waals surface area contributed by atoms with E-state index in [2.05, 4.69) is 36.6 Å². The Morgan fingerprint density at radius 2 is 2.12 bits per heavy atom. The summed E-state index contributed by atoms with van der Waals surface area (Å²) in [5.74, 6) is -0.347. The number of anilines is 1. The Balaban J connectivity index is 1.70. The summed E-state index contributed by atoms with van der Waals surface area (Å²) in [5, 5.41) is 11.4. The number of hydrogen-bond acceptors (Lipinski definition) is 8. The van der Waals surface area contributed by atoms with Gasteiger partial charge in [0.15, 0.2) is 0 Å². The van der Waals surface area contributed by atoms with E-state index in [-0.39, 0.29) is 11.3 Å². The van der Waals surface area contributed by atoms with E-state index in [4.69, 9.17) is 0 Å². The molecule has 2 aromatic rings. The molecule has 0 aromatic carbocycles. The summed E-state index contributed by atoms with van der Waals surface area (Å²) in [6.07, 6.45) is 1.32. The maximum atomic E-state index is 11.6. The zero-order chi connectivity index (χ0) is 18.7. The van der Waals surface area contributed by atoms with Gasteiger partial charge >= 0.3 is 11.7 Å². The molecular weight excluding hydrogens is 424 g/mol. The summed E-state index contributed by atoms with van der Waals surface area (Å²) in [6.45, 7) is 3.71. The Labute approximate surface area is 162 Å². The highest BCUT2D eigenvalue weighted by Crippen LogP contribution is 2.28. The molecule has 138 valence electrons. The van der Waals surface area contributed by atoms with Crippen molar-refractivity contribution in [1.29, 1.82) is 0 Å². The number of thiophene rings is 1. The standard InChI is InChI=1S/C16H17BrN4O4S/c1-25-16(22)11-8-13(21(23)24)15(18-9-11)20-6-4-19(5-7-20)10-12-2-3-14(17)26-12/h2-3,8-9H,4-7,10H2,1H3. The van der Waals surface area contributed by atoms with Crippen LogP contribution in [0.2, 0.25) is 0 Å². The number of halogens is 1. The van der Waals surface area contributed by atoms with Crippen molar-refractivity contribution < 1.29 is 14.5 Å². The Morgan fingerprint density at radius 3 is 2.69 bits per heavy atom. The summed E-state index contributed by atoms with van der Waals surface area (Å²) >= 11 is 5.17. The number of nitro groups is 1. The smallest absolute Gasteiger partial charge is 0.339 e. The van der Waals surface area contributed by atoms with Crippen LogP contribution in [0, 0.1) is 10.1 Å². The number of esters is 1. The fourth-order valence-corrected chi connectivity index (χ4v) is 4.35. The van der Waals surface area contributed by atoms with Gasteiger partial charge in [0.2, 0.25) is 5.82 Å². The number of rotatable bonds is 5. The maximum Gasteiger partial charge on any atom is 0.339 e. The Bertz CT molecular complexity index is 820.